The fourth-order valence-corrected chi connectivity index (χ4v) is 4.80. The maximum atomic E-state index is 12.6. The van der Waals surface area contributed by atoms with Gasteiger partial charge in [0, 0.05) is 35.4 Å². The SMILES string of the molecule is CC#CS(=O)(=O)Nc1cccc(-c2csc3c(=O)cc(N4CCOCC4)oc23)c1. The molecule has 1 N–H and O–H groups in total. The van der Waals surface area contributed by atoms with Crippen LogP contribution in [0, 0.1) is 11.2 Å². The van der Waals surface area contributed by atoms with Gasteiger partial charge in [-0.25, -0.2) is 0 Å². The summed E-state index contributed by atoms with van der Waals surface area (Å²) >= 11 is 1.31. The van der Waals surface area contributed by atoms with Gasteiger partial charge < -0.3 is 14.1 Å². The molecule has 1 aliphatic rings. The Bertz CT molecular complexity index is 1280. The number of anilines is 2. The van der Waals surface area contributed by atoms with Crippen LogP contribution >= 0.6 is 11.3 Å². The molecule has 1 fully saturated rings. The highest BCUT2D eigenvalue weighted by Gasteiger charge is 2.19. The third-order valence-corrected chi connectivity index (χ3v) is 6.37. The van der Waals surface area contributed by atoms with Gasteiger partial charge in [0.25, 0.3) is 0 Å². The Kier molecular flexibility index (Phi) is 5.32. The van der Waals surface area contributed by atoms with Gasteiger partial charge in [-0.05, 0) is 24.6 Å². The molecule has 9 heteroatoms. The second kappa shape index (κ2) is 7.91. The van der Waals surface area contributed by atoms with E-state index in [4.69, 9.17) is 9.15 Å². The Balaban J connectivity index is 1.76. The molecule has 1 aromatic carbocycles. The molecular weight excluding hydrogens is 412 g/mol. The highest BCUT2D eigenvalue weighted by Crippen LogP contribution is 2.35. The van der Waals surface area contributed by atoms with Crippen LogP contribution in [0.25, 0.3) is 21.4 Å². The fourth-order valence-electron chi connectivity index (χ4n) is 3.13. The van der Waals surface area contributed by atoms with Crippen LogP contribution in [0.5, 0.6) is 0 Å². The van der Waals surface area contributed by atoms with Crippen LogP contribution in [-0.4, -0.2) is 34.7 Å². The van der Waals surface area contributed by atoms with Crippen molar-refractivity contribution in [2.24, 2.45) is 0 Å². The first-order valence-electron chi connectivity index (χ1n) is 8.91. The quantitative estimate of drug-likeness (QED) is 0.640. The van der Waals surface area contributed by atoms with E-state index < -0.39 is 10.0 Å². The molecule has 0 aliphatic carbocycles. The summed E-state index contributed by atoms with van der Waals surface area (Å²) in [5.41, 5.74) is 2.26. The zero-order chi connectivity index (χ0) is 20.4. The zero-order valence-corrected chi connectivity index (χ0v) is 17.2. The molecule has 0 radical (unpaired) electrons. The Morgan fingerprint density at radius 1 is 1.21 bits per heavy atom. The number of morpholine rings is 1. The molecule has 1 aliphatic heterocycles. The largest absolute Gasteiger partial charge is 0.439 e. The zero-order valence-electron chi connectivity index (χ0n) is 15.6. The first-order valence-corrected chi connectivity index (χ1v) is 11.3. The van der Waals surface area contributed by atoms with Crippen LogP contribution in [0.1, 0.15) is 6.92 Å². The average molecular weight is 431 g/mol. The van der Waals surface area contributed by atoms with E-state index in [-0.39, 0.29) is 5.43 Å². The van der Waals surface area contributed by atoms with Crippen molar-refractivity contribution in [3.63, 3.8) is 0 Å². The monoisotopic (exact) mass is 430 g/mol. The molecule has 0 bridgehead atoms. The summed E-state index contributed by atoms with van der Waals surface area (Å²) in [7, 11) is -3.74. The molecule has 0 spiro atoms. The van der Waals surface area contributed by atoms with Crippen LogP contribution in [0.3, 0.4) is 0 Å². The second-order valence-corrected chi connectivity index (χ2v) is 8.69. The molecule has 0 atom stereocenters. The van der Waals surface area contributed by atoms with Crippen LogP contribution < -0.4 is 15.1 Å². The normalized spacial score (nSPS) is 14.4. The van der Waals surface area contributed by atoms with Crippen LogP contribution in [0.15, 0.2) is 44.9 Å². The second-order valence-electron chi connectivity index (χ2n) is 6.39. The van der Waals surface area contributed by atoms with E-state index >= 15 is 0 Å². The van der Waals surface area contributed by atoms with Crippen molar-refractivity contribution >= 4 is 43.2 Å². The van der Waals surface area contributed by atoms with Crippen LogP contribution in [-0.2, 0) is 14.8 Å². The number of rotatable bonds is 4. The molecule has 0 amide bonds. The van der Waals surface area contributed by atoms with Gasteiger partial charge in [0.2, 0.25) is 5.43 Å². The summed E-state index contributed by atoms with van der Waals surface area (Å²) in [6.45, 7) is 3.94. The topological polar surface area (TPSA) is 88.9 Å². The molecule has 3 aromatic rings. The molecule has 3 heterocycles. The molecule has 150 valence electrons. The lowest BCUT2D eigenvalue weighted by Gasteiger charge is -2.27. The van der Waals surface area contributed by atoms with E-state index in [0.29, 0.717) is 48.2 Å². The average Bonchev–Trinajstić information content (AvgIpc) is 3.13. The van der Waals surface area contributed by atoms with Gasteiger partial charge >= 0.3 is 10.0 Å². The first-order chi connectivity index (χ1) is 14.0. The van der Waals surface area contributed by atoms with E-state index in [0.717, 1.165) is 11.1 Å². The first kappa shape index (κ1) is 19.5. The van der Waals surface area contributed by atoms with Crippen LogP contribution in [0.4, 0.5) is 11.6 Å². The van der Waals surface area contributed by atoms with Gasteiger partial charge in [-0.1, -0.05) is 18.1 Å². The van der Waals surface area contributed by atoms with Gasteiger partial charge in [0.1, 0.15) is 4.70 Å². The predicted molar refractivity (Wildman–Crippen MR) is 115 cm³/mol. The lowest BCUT2D eigenvalue weighted by Crippen LogP contribution is -2.36. The third kappa shape index (κ3) is 4.15. The molecule has 7 nitrogen and oxygen atoms in total. The van der Waals surface area contributed by atoms with Crippen molar-refractivity contribution < 1.29 is 17.6 Å². The summed E-state index contributed by atoms with van der Waals surface area (Å²) in [6, 6.07) is 8.42. The number of hydrogen-bond donors (Lipinski definition) is 1. The van der Waals surface area contributed by atoms with Gasteiger partial charge in [0.15, 0.2) is 11.5 Å². The summed E-state index contributed by atoms with van der Waals surface area (Å²) in [4.78, 5) is 14.6. The van der Waals surface area contributed by atoms with Gasteiger partial charge in [-0.3, -0.25) is 9.52 Å². The fraction of sp³-hybridized carbons (Fsp3) is 0.250. The van der Waals surface area contributed by atoms with Crippen molar-refractivity contribution in [2.75, 3.05) is 35.9 Å². The van der Waals surface area contributed by atoms with Gasteiger partial charge in [-0.15, -0.1) is 11.3 Å². The molecule has 0 saturated carbocycles. The summed E-state index contributed by atoms with van der Waals surface area (Å²) in [5, 5.41) is 3.99. The van der Waals surface area contributed by atoms with Gasteiger partial charge in [0.05, 0.1) is 18.9 Å². The Morgan fingerprint density at radius 2 is 2.00 bits per heavy atom. The number of fused-ring (bicyclic) bond motifs is 1. The molecule has 2 aromatic heterocycles. The summed E-state index contributed by atoms with van der Waals surface area (Å²) in [6.07, 6.45) is 0. The van der Waals surface area contributed by atoms with Crippen molar-refractivity contribution in [1.29, 1.82) is 0 Å². The van der Waals surface area contributed by atoms with Crippen molar-refractivity contribution in [2.45, 2.75) is 6.92 Å². The summed E-state index contributed by atoms with van der Waals surface area (Å²) in [5.74, 6) is 2.89. The number of sulfonamides is 1. The van der Waals surface area contributed by atoms with E-state index in [2.05, 4.69) is 15.9 Å². The standard InChI is InChI=1S/C20H18N2O5S2/c1-2-10-29(24,25)21-15-5-3-4-14(11-15)16-13-28-20-17(23)12-18(27-19(16)20)22-6-8-26-9-7-22/h3-5,11-13,21H,6-9H2,1H3. The highest BCUT2D eigenvalue weighted by molar-refractivity contribution is 7.97. The molecule has 0 unspecified atom stereocenters. The number of nitrogens with zero attached hydrogens (tertiary/aromatic N) is 1. The molecular formula is C20H18N2O5S2. The van der Waals surface area contributed by atoms with E-state index in [1.54, 1.807) is 18.2 Å². The highest BCUT2D eigenvalue weighted by atomic mass is 32.2. The Hall–Kier alpha value is -2.80. The lowest BCUT2D eigenvalue weighted by molar-refractivity contribution is 0.121. The van der Waals surface area contributed by atoms with E-state index in [1.165, 1.54) is 24.3 Å². The van der Waals surface area contributed by atoms with Gasteiger partial charge in [-0.2, -0.15) is 8.42 Å². The maximum absolute atomic E-state index is 12.6. The Morgan fingerprint density at radius 3 is 2.76 bits per heavy atom. The maximum Gasteiger partial charge on any atom is 0.301 e. The minimum atomic E-state index is -3.74. The smallest absolute Gasteiger partial charge is 0.301 e. The van der Waals surface area contributed by atoms with Crippen molar-refractivity contribution in [3.8, 4) is 22.3 Å². The molecule has 1 saturated heterocycles. The Labute approximate surface area is 172 Å². The lowest BCUT2D eigenvalue weighted by atomic mass is 10.1. The minimum Gasteiger partial charge on any atom is -0.439 e. The van der Waals surface area contributed by atoms with E-state index in [9.17, 15) is 13.2 Å². The molecule has 4 rings (SSSR count). The number of ether oxygens (including phenoxy) is 1. The summed E-state index contributed by atoms with van der Waals surface area (Å²) < 4.78 is 38.3. The van der Waals surface area contributed by atoms with E-state index in [1.807, 2.05) is 16.3 Å². The van der Waals surface area contributed by atoms with Crippen molar-refractivity contribution in [3.05, 3.63) is 45.9 Å². The molecule has 29 heavy (non-hydrogen) atoms. The third-order valence-electron chi connectivity index (χ3n) is 4.42. The number of hydrogen-bond acceptors (Lipinski definition) is 7. The predicted octanol–water partition coefficient (Wildman–Crippen LogP) is 3.08. The minimum absolute atomic E-state index is 0.0981. The number of nitrogens with one attached hydrogen (secondary N) is 1. The number of benzene rings is 1. The van der Waals surface area contributed by atoms with Crippen molar-refractivity contribution in [1.82, 2.24) is 0 Å². The van der Waals surface area contributed by atoms with Crippen LogP contribution in [0.2, 0.25) is 0 Å². The number of thiophene rings is 1.